The fourth-order valence-corrected chi connectivity index (χ4v) is 5.33. The first-order chi connectivity index (χ1) is 15.7. The van der Waals surface area contributed by atoms with E-state index in [1.165, 1.54) is 17.5 Å². The predicted molar refractivity (Wildman–Crippen MR) is 124 cm³/mol. The number of hydrogen-bond donors (Lipinski definition) is 0. The number of nitrogens with zero attached hydrogens (tertiary/aromatic N) is 2. The third-order valence-electron chi connectivity index (χ3n) is 6.93. The molecule has 32 heavy (non-hydrogen) atoms. The Bertz CT molecular complexity index is 1050. The summed E-state index contributed by atoms with van der Waals surface area (Å²) < 4.78 is 5.58. The Labute approximate surface area is 189 Å². The summed E-state index contributed by atoms with van der Waals surface area (Å²) in [5.41, 5.74) is 4.46. The van der Waals surface area contributed by atoms with E-state index in [2.05, 4.69) is 23.1 Å². The van der Waals surface area contributed by atoms with Crippen LogP contribution in [0.25, 0.3) is 5.57 Å². The van der Waals surface area contributed by atoms with Gasteiger partial charge in [0, 0.05) is 19.1 Å². The Morgan fingerprint density at radius 1 is 0.906 bits per heavy atom. The Hall–Kier alpha value is -3.08. The maximum atomic E-state index is 13.8. The molecule has 2 heterocycles. The van der Waals surface area contributed by atoms with E-state index >= 15 is 0 Å². The molecule has 5 rings (SSSR count). The lowest BCUT2D eigenvalue weighted by Gasteiger charge is -2.33. The van der Waals surface area contributed by atoms with Gasteiger partial charge in [0.2, 0.25) is 0 Å². The summed E-state index contributed by atoms with van der Waals surface area (Å²) in [7, 11) is 0. The van der Waals surface area contributed by atoms with Crippen LogP contribution in [0.5, 0.6) is 5.75 Å². The normalized spacial score (nSPS) is 19.5. The van der Waals surface area contributed by atoms with Crippen LogP contribution in [-0.2, 0) is 22.6 Å². The van der Waals surface area contributed by atoms with Gasteiger partial charge in [-0.15, -0.1) is 0 Å². The van der Waals surface area contributed by atoms with E-state index in [-0.39, 0.29) is 17.9 Å². The highest BCUT2D eigenvalue weighted by molar-refractivity contribution is 6.35. The Kier molecular flexibility index (Phi) is 5.73. The largest absolute Gasteiger partial charge is 0.494 e. The molecule has 1 fully saturated rings. The molecule has 0 radical (unpaired) electrons. The number of amides is 2. The Morgan fingerprint density at radius 2 is 1.62 bits per heavy atom. The van der Waals surface area contributed by atoms with Gasteiger partial charge in [0.15, 0.2) is 0 Å². The minimum atomic E-state index is -0.139. The number of carbonyl (C=O) groups excluding carboxylic acids is 2. The van der Waals surface area contributed by atoms with Gasteiger partial charge in [-0.05, 0) is 55.0 Å². The molecule has 5 heteroatoms. The van der Waals surface area contributed by atoms with Crippen molar-refractivity contribution in [1.29, 1.82) is 0 Å². The number of benzene rings is 2. The molecular formula is C27H30N2O3. The van der Waals surface area contributed by atoms with Crippen LogP contribution in [0.4, 0.5) is 0 Å². The monoisotopic (exact) mass is 430 g/mol. The van der Waals surface area contributed by atoms with E-state index in [0.717, 1.165) is 50.0 Å². The summed E-state index contributed by atoms with van der Waals surface area (Å²) in [6.07, 6.45) is 6.02. The zero-order valence-electron chi connectivity index (χ0n) is 18.7. The van der Waals surface area contributed by atoms with E-state index < -0.39 is 0 Å². The molecule has 2 aromatic rings. The maximum absolute atomic E-state index is 13.8. The molecule has 2 aliphatic heterocycles. The van der Waals surface area contributed by atoms with Crippen molar-refractivity contribution in [2.75, 3.05) is 13.2 Å². The molecule has 0 unspecified atom stereocenters. The lowest BCUT2D eigenvalue weighted by Crippen LogP contribution is -2.44. The molecule has 2 amide bonds. The summed E-state index contributed by atoms with van der Waals surface area (Å²) >= 11 is 0. The minimum Gasteiger partial charge on any atom is -0.494 e. The molecule has 5 nitrogen and oxygen atoms in total. The van der Waals surface area contributed by atoms with Gasteiger partial charge in [-0.1, -0.05) is 55.7 Å². The van der Waals surface area contributed by atoms with Crippen LogP contribution < -0.4 is 4.74 Å². The fraction of sp³-hybridized carbons (Fsp3) is 0.407. The third-order valence-corrected chi connectivity index (χ3v) is 6.93. The zero-order valence-corrected chi connectivity index (χ0v) is 18.7. The van der Waals surface area contributed by atoms with Gasteiger partial charge in [-0.3, -0.25) is 14.5 Å². The first-order valence-electron chi connectivity index (χ1n) is 11.8. The number of hydrogen-bond acceptors (Lipinski definition) is 4. The molecule has 0 saturated heterocycles. The molecule has 0 aromatic heterocycles. The SMILES string of the molecule is CCOc1ccc(C2=C(N3CCc4ccccc4C3)C(=O)N(C3CCCCC3)C2=O)cc1. The molecule has 166 valence electrons. The van der Waals surface area contributed by atoms with E-state index in [9.17, 15) is 9.59 Å². The van der Waals surface area contributed by atoms with Gasteiger partial charge < -0.3 is 9.64 Å². The lowest BCUT2D eigenvalue weighted by atomic mass is 9.94. The average Bonchev–Trinajstić information content (AvgIpc) is 3.10. The van der Waals surface area contributed by atoms with Crippen LogP contribution in [0.15, 0.2) is 54.2 Å². The van der Waals surface area contributed by atoms with Crippen molar-refractivity contribution in [3.63, 3.8) is 0 Å². The summed E-state index contributed by atoms with van der Waals surface area (Å²) in [5.74, 6) is 0.510. The summed E-state index contributed by atoms with van der Waals surface area (Å²) in [4.78, 5) is 31.2. The predicted octanol–water partition coefficient (Wildman–Crippen LogP) is 4.56. The molecule has 1 aliphatic carbocycles. The van der Waals surface area contributed by atoms with Gasteiger partial charge in [-0.25, -0.2) is 0 Å². The van der Waals surface area contributed by atoms with Gasteiger partial charge in [0.1, 0.15) is 11.4 Å². The van der Waals surface area contributed by atoms with Crippen LogP contribution in [0.3, 0.4) is 0 Å². The second kappa shape index (κ2) is 8.81. The molecule has 0 N–H and O–H groups in total. The second-order valence-electron chi connectivity index (χ2n) is 8.89. The standard InChI is InChI=1S/C27H30N2O3/c1-2-32-23-14-12-20(13-15-23)24-25(28-17-16-19-8-6-7-9-21(19)18-28)27(31)29(26(24)30)22-10-4-3-5-11-22/h6-9,12-15,22H,2-5,10-11,16-18H2,1H3. The Balaban J connectivity index is 1.54. The molecule has 3 aliphatic rings. The summed E-state index contributed by atoms with van der Waals surface area (Å²) in [5, 5.41) is 0. The highest BCUT2D eigenvalue weighted by atomic mass is 16.5. The van der Waals surface area contributed by atoms with Crippen LogP contribution in [0.1, 0.15) is 55.7 Å². The smallest absolute Gasteiger partial charge is 0.278 e. The van der Waals surface area contributed by atoms with Crippen molar-refractivity contribution >= 4 is 17.4 Å². The Morgan fingerprint density at radius 3 is 2.34 bits per heavy atom. The van der Waals surface area contributed by atoms with E-state index in [4.69, 9.17) is 4.74 Å². The molecule has 2 aromatic carbocycles. The van der Waals surface area contributed by atoms with Crippen molar-refractivity contribution in [3.05, 3.63) is 70.9 Å². The van der Waals surface area contributed by atoms with E-state index in [1.807, 2.05) is 37.3 Å². The zero-order chi connectivity index (χ0) is 22.1. The third kappa shape index (κ3) is 3.70. The van der Waals surface area contributed by atoms with E-state index in [1.54, 1.807) is 4.90 Å². The van der Waals surface area contributed by atoms with Crippen molar-refractivity contribution in [2.24, 2.45) is 0 Å². The minimum absolute atomic E-state index is 0.0102. The van der Waals surface area contributed by atoms with Crippen LogP contribution in [0, 0.1) is 0 Å². The van der Waals surface area contributed by atoms with E-state index in [0.29, 0.717) is 24.4 Å². The first-order valence-corrected chi connectivity index (χ1v) is 11.8. The van der Waals surface area contributed by atoms with Gasteiger partial charge in [0.25, 0.3) is 11.8 Å². The molecule has 1 saturated carbocycles. The highest BCUT2D eigenvalue weighted by Gasteiger charge is 2.45. The quantitative estimate of drug-likeness (QED) is 0.653. The summed E-state index contributed by atoms with van der Waals surface area (Å²) in [6.45, 7) is 3.94. The number of fused-ring (bicyclic) bond motifs is 1. The lowest BCUT2D eigenvalue weighted by molar-refractivity contribution is -0.141. The highest BCUT2D eigenvalue weighted by Crippen LogP contribution is 2.38. The molecule has 0 spiro atoms. The van der Waals surface area contributed by atoms with Crippen molar-refractivity contribution < 1.29 is 14.3 Å². The summed E-state index contributed by atoms with van der Waals surface area (Å²) in [6, 6.07) is 16.0. The maximum Gasteiger partial charge on any atom is 0.278 e. The second-order valence-corrected chi connectivity index (χ2v) is 8.89. The van der Waals surface area contributed by atoms with Crippen molar-refractivity contribution in [1.82, 2.24) is 9.80 Å². The van der Waals surface area contributed by atoms with Crippen molar-refractivity contribution in [3.8, 4) is 5.75 Å². The average molecular weight is 431 g/mol. The number of ether oxygens (including phenoxy) is 1. The number of imide groups is 1. The van der Waals surface area contributed by atoms with Gasteiger partial charge in [-0.2, -0.15) is 0 Å². The van der Waals surface area contributed by atoms with Crippen LogP contribution in [-0.4, -0.2) is 40.8 Å². The topological polar surface area (TPSA) is 49.9 Å². The van der Waals surface area contributed by atoms with Crippen LogP contribution >= 0.6 is 0 Å². The van der Waals surface area contributed by atoms with Gasteiger partial charge in [0.05, 0.1) is 12.2 Å². The first kappa shape index (κ1) is 20.8. The molecule has 0 bridgehead atoms. The van der Waals surface area contributed by atoms with Crippen molar-refractivity contribution in [2.45, 2.75) is 58.0 Å². The molecule has 0 atom stereocenters. The number of carbonyl (C=O) groups is 2. The number of rotatable bonds is 5. The van der Waals surface area contributed by atoms with Gasteiger partial charge >= 0.3 is 0 Å². The van der Waals surface area contributed by atoms with Crippen LogP contribution in [0.2, 0.25) is 0 Å². The fourth-order valence-electron chi connectivity index (χ4n) is 5.33. The molecular weight excluding hydrogens is 400 g/mol.